The maximum absolute atomic E-state index is 12.8. The van der Waals surface area contributed by atoms with Gasteiger partial charge in [-0.1, -0.05) is 18.9 Å². The summed E-state index contributed by atoms with van der Waals surface area (Å²) in [4.78, 5) is 15.6. The van der Waals surface area contributed by atoms with Crippen LogP contribution in [0.3, 0.4) is 0 Å². The predicted molar refractivity (Wildman–Crippen MR) is 78.4 cm³/mol. The first kappa shape index (κ1) is 15.4. The molecule has 1 fully saturated rings. The second-order valence-electron chi connectivity index (χ2n) is 5.37. The van der Waals surface area contributed by atoms with Gasteiger partial charge in [0.2, 0.25) is 11.9 Å². The topological polar surface area (TPSA) is 89.6 Å². The molecule has 3 rings (SSSR count). The third kappa shape index (κ3) is 3.66. The van der Waals surface area contributed by atoms with Crippen LogP contribution in [0.25, 0.3) is 11.5 Å². The van der Waals surface area contributed by atoms with Gasteiger partial charge in [-0.05, 0) is 25.0 Å². The molecule has 0 unspecified atom stereocenters. The zero-order chi connectivity index (χ0) is 16.4. The molecule has 2 aromatic rings. The van der Waals surface area contributed by atoms with E-state index >= 15 is 0 Å². The Kier molecular flexibility index (Phi) is 4.01. The zero-order valence-corrected chi connectivity index (χ0v) is 12.1. The molecule has 23 heavy (non-hydrogen) atoms. The smallest absolute Gasteiger partial charge is 0.368 e. The van der Waals surface area contributed by atoms with Crippen molar-refractivity contribution in [3.8, 4) is 11.5 Å². The molecule has 1 aliphatic carbocycles. The molecule has 6 nitrogen and oxygen atoms in total. The van der Waals surface area contributed by atoms with Crippen LogP contribution in [0, 0.1) is 0 Å². The van der Waals surface area contributed by atoms with Crippen molar-refractivity contribution < 1.29 is 13.2 Å². The van der Waals surface area contributed by atoms with Crippen molar-refractivity contribution in [3.63, 3.8) is 0 Å². The van der Waals surface area contributed by atoms with Crippen LogP contribution in [0.4, 0.5) is 25.1 Å². The number of halogens is 3. The molecular formula is C14H15F3N6. The number of hydrogen-bond donors (Lipinski definition) is 2. The summed E-state index contributed by atoms with van der Waals surface area (Å²) in [5.74, 6) is 0.220. The van der Waals surface area contributed by atoms with E-state index in [1.807, 2.05) is 0 Å². The minimum absolute atomic E-state index is 0.00315. The van der Waals surface area contributed by atoms with Crippen molar-refractivity contribution in [2.75, 3.05) is 11.1 Å². The lowest BCUT2D eigenvalue weighted by molar-refractivity contribution is -0.141. The van der Waals surface area contributed by atoms with Gasteiger partial charge in [-0.25, -0.2) is 4.98 Å². The minimum atomic E-state index is -4.53. The van der Waals surface area contributed by atoms with Crippen LogP contribution in [0.5, 0.6) is 0 Å². The molecule has 0 spiro atoms. The molecule has 122 valence electrons. The van der Waals surface area contributed by atoms with Crippen molar-refractivity contribution >= 4 is 11.9 Å². The molecule has 3 N–H and O–H groups in total. The van der Waals surface area contributed by atoms with Crippen LogP contribution in [-0.4, -0.2) is 26.0 Å². The van der Waals surface area contributed by atoms with Crippen LogP contribution < -0.4 is 11.1 Å². The fourth-order valence-electron chi connectivity index (χ4n) is 2.54. The normalized spacial score (nSPS) is 15.8. The fourth-order valence-corrected chi connectivity index (χ4v) is 2.54. The van der Waals surface area contributed by atoms with Gasteiger partial charge >= 0.3 is 6.18 Å². The molecule has 1 aliphatic rings. The SMILES string of the molecule is Nc1nc(NC2CCCC2)nc(-c2cccc(C(F)(F)F)n2)n1. The highest BCUT2D eigenvalue weighted by Gasteiger charge is 2.32. The second-order valence-corrected chi connectivity index (χ2v) is 5.37. The highest BCUT2D eigenvalue weighted by atomic mass is 19.4. The van der Waals surface area contributed by atoms with E-state index in [0.717, 1.165) is 31.7 Å². The van der Waals surface area contributed by atoms with Crippen molar-refractivity contribution in [1.29, 1.82) is 0 Å². The van der Waals surface area contributed by atoms with E-state index in [9.17, 15) is 13.2 Å². The van der Waals surface area contributed by atoms with E-state index in [4.69, 9.17) is 5.73 Å². The van der Waals surface area contributed by atoms with Crippen molar-refractivity contribution in [3.05, 3.63) is 23.9 Å². The number of anilines is 2. The van der Waals surface area contributed by atoms with Crippen LogP contribution >= 0.6 is 0 Å². The maximum atomic E-state index is 12.8. The minimum Gasteiger partial charge on any atom is -0.368 e. The lowest BCUT2D eigenvalue weighted by atomic mass is 10.2. The number of hydrogen-bond acceptors (Lipinski definition) is 6. The van der Waals surface area contributed by atoms with Gasteiger partial charge in [-0.2, -0.15) is 28.1 Å². The molecule has 2 aromatic heterocycles. The standard InChI is InChI=1S/C14H15F3N6/c15-14(16,17)10-7-3-6-9(20-10)11-21-12(18)23-13(22-11)19-8-4-1-2-5-8/h3,6-8H,1-2,4-5H2,(H3,18,19,21,22,23). The predicted octanol–water partition coefficient (Wildman–Crippen LogP) is 2.89. The average molecular weight is 324 g/mol. The Hall–Kier alpha value is -2.45. The number of aromatic nitrogens is 4. The van der Waals surface area contributed by atoms with Gasteiger partial charge in [0, 0.05) is 6.04 Å². The van der Waals surface area contributed by atoms with Crippen LogP contribution in [0.2, 0.25) is 0 Å². The second kappa shape index (κ2) is 5.98. The van der Waals surface area contributed by atoms with Crippen molar-refractivity contribution in [1.82, 2.24) is 19.9 Å². The number of rotatable bonds is 3. The van der Waals surface area contributed by atoms with Gasteiger partial charge in [-0.15, -0.1) is 0 Å². The molecule has 0 aliphatic heterocycles. The third-order valence-corrected chi connectivity index (χ3v) is 3.61. The van der Waals surface area contributed by atoms with Gasteiger partial charge in [-0.3, -0.25) is 0 Å². The van der Waals surface area contributed by atoms with E-state index in [1.165, 1.54) is 12.1 Å². The number of alkyl halides is 3. The first-order chi connectivity index (χ1) is 10.9. The average Bonchev–Trinajstić information content (AvgIpc) is 2.99. The Morgan fingerprint density at radius 1 is 1.04 bits per heavy atom. The molecule has 0 amide bonds. The van der Waals surface area contributed by atoms with Crippen LogP contribution in [-0.2, 0) is 6.18 Å². The number of nitrogen functional groups attached to an aromatic ring is 1. The van der Waals surface area contributed by atoms with Crippen LogP contribution in [0.15, 0.2) is 18.2 Å². The summed E-state index contributed by atoms with van der Waals surface area (Å²) < 4.78 is 38.3. The largest absolute Gasteiger partial charge is 0.433 e. The summed E-state index contributed by atoms with van der Waals surface area (Å²) in [6, 6.07) is 3.81. The Morgan fingerprint density at radius 2 is 1.78 bits per heavy atom. The number of nitrogens with zero attached hydrogens (tertiary/aromatic N) is 4. The van der Waals surface area contributed by atoms with E-state index < -0.39 is 11.9 Å². The van der Waals surface area contributed by atoms with Crippen molar-refractivity contribution in [2.24, 2.45) is 0 Å². The van der Waals surface area contributed by atoms with Gasteiger partial charge in [0.05, 0.1) is 0 Å². The lowest BCUT2D eigenvalue weighted by Crippen LogP contribution is -2.18. The fraction of sp³-hybridized carbons (Fsp3) is 0.429. The van der Waals surface area contributed by atoms with Gasteiger partial charge in [0.25, 0.3) is 0 Å². The molecular weight excluding hydrogens is 309 g/mol. The molecule has 0 saturated heterocycles. The third-order valence-electron chi connectivity index (χ3n) is 3.61. The van der Waals surface area contributed by atoms with Crippen molar-refractivity contribution in [2.45, 2.75) is 37.9 Å². The Labute approximate surface area is 130 Å². The molecule has 0 aromatic carbocycles. The summed E-state index contributed by atoms with van der Waals surface area (Å²) in [5.41, 5.74) is 4.65. The van der Waals surface area contributed by atoms with Gasteiger partial charge < -0.3 is 11.1 Å². The van der Waals surface area contributed by atoms with Crippen LogP contribution in [0.1, 0.15) is 31.4 Å². The van der Waals surface area contributed by atoms with E-state index in [-0.39, 0.29) is 29.5 Å². The molecule has 1 saturated carbocycles. The number of nitrogens with two attached hydrogens (primary N) is 1. The highest BCUT2D eigenvalue weighted by molar-refractivity contribution is 5.53. The Morgan fingerprint density at radius 3 is 2.48 bits per heavy atom. The Balaban J connectivity index is 1.91. The summed E-state index contributed by atoms with van der Waals surface area (Å²) >= 11 is 0. The molecule has 0 radical (unpaired) electrons. The molecule has 0 atom stereocenters. The maximum Gasteiger partial charge on any atom is 0.433 e. The first-order valence-corrected chi connectivity index (χ1v) is 7.24. The Bertz CT molecular complexity index is 697. The summed E-state index contributed by atoms with van der Waals surface area (Å²) in [7, 11) is 0. The molecule has 2 heterocycles. The molecule has 9 heteroatoms. The van der Waals surface area contributed by atoms with Gasteiger partial charge in [0.1, 0.15) is 11.4 Å². The van der Waals surface area contributed by atoms with E-state index in [1.54, 1.807) is 0 Å². The quantitative estimate of drug-likeness (QED) is 0.902. The summed E-state index contributed by atoms with van der Waals surface area (Å²) in [5, 5.41) is 3.14. The molecule has 0 bridgehead atoms. The number of nitrogens with one attached hydrogen (secondary N) is 1. The number of pyridine rings is 1. The van der Waals surface area contributed by atoms with Gasteiger partial charge in [0.15, 0.2) is 5.82 Å². The van der Waals surface area contributed by atoms with E-state index in [0.29, 0.717) is 0 Å². The lowest BCUT2D eigenvalue weighted by Gasteiger charge is -2.12. The first-order valence-electron chi connectivity index (χ1n) is 7.24. The zero-order valence-electron chi connectivity index (χ0n) is 12.1. The highest BCUT2D eigenvalue weighted by Crippen LogP contribution is 2.29. The van der Waals surface area contributed by atoms with E-state index in [2.05, 4.69) is 25.3 Å². The summed E-state index contributed by atoms with van der Waals surface area (Å²) in [6.07, 6.45) is -0.272. The summed E-state index contributed by atoms with van der Waals surface area (Å²) in [6.45, 7) is 0. The monoisotopic (exact) mass is 324 g/mol.